The molecule has 0 aliphatic heterocycles. The lowest BCUT2D eigenvalue weighted by Crippen LogP contribution is -2.12. The summed E-state index contributed by atoms with van der Waals surface area (Å²) in [5, 5.41) is 1.47. The number of nitrogens with one attached hydrogen (secondary N) is 1. The fourth-order valence-corrected chi connectivity index (χ4v) is 2.55. The summed E-state index contributed by atoms with van der Waals surface area (Å²) in [4.78, 5) is 18.0. The Morgan fingerprint density at radius 3 is 2.77 bits per heavy atom. The molecule has 22 heavy (non-hydrogen) atoms. The number of aromatic nitrogens is 4. The summed E-state index contributed by atoms with van der Waals surface area (Å²) < 4.78 is 5.69. The molecule has 3 heterocycles. The molecule has 0 bridgehead atoms. The van der Waals surface area contributed by atoms with Crippen LogP contribution in [0.3, 0.4) is 0 Å². The Balaban J connectivity index is 2.13. The molecule has 0 atom stereocenters. The van der Waals surface area contributed by atoms with Crippen LogP contribution in [0.15, 0.2) is 24.5 Å². The lowest BCUT2D eigenvalue weighted by molar-refractivity contribution is 0.442. The van der Waals surface area contributed by atoms with Crippen LogP contribution in [-0.2, 0) is 6.42 Å². The number of fused-ring (bicyclic) bond motifs is 1. The Bertz CT molecular complexity index is 801. The van der Waals surface area contributed by atoms with Crippen molar-refractivity contribution in [2.24, 2.45) is 0 Å². The molecule has 0 radical (unpaired) electrons. The van der Waals surface area contributed by atoms with Gasteiger partial charge in [0, 0.05) is 26.0 Å². The van der Waals surface area contributed by atoms with Crippen LogP contribution in [0, 0.1) is 0 Å². The first-order valence-corrected chi connectivity index (χ1v) is 7.31. The van der Waals surface area contributed by atoms with Crippen LogP contribution in [-0.4, -0.2) is 34.0 Å². The van der Waals surface area contributed by atoms with Crippen LogP contribution in [0.5, 0.6) is 11.8 Å². The first-order valence-electron chi connectivity index (χ1n) is 6.93. The van der Waals surface area contributed by atoms with E-state index in [1.807, 2.05) is 25.9 Å². The van der Waals surface area contributed by atoms with Gasteiger partial charge in [-0.25, -0.2) is 0 Å². The highest BCUT2D eigenvalue weighted by Crippen LogP contribution is 2.34. The summed E-state index contributed by atoms with van der Waals surface area (Å²) in [6.45, 7) is 2.03. The smallest absolute Gasteiger partial charge is 0.326 e. The molecule has 0 aliphatic rings. The molecule has 6 nitrogen and oxygen atoms in total. The average Bonchev–Trinajstić information content (AvgIpc) is 2.83. The fraction of sp³-hybridized carbons (Fsp3) is 0.267. The number of hydrogen-bond acceptors (Lipinski definition) is 5. The van der Waals surface area contributed by atoms with Crippen LogP contribution in [0.1, 0.15) is 12.6 Å². The fourth-order valence-electron chi connectivity index (χ4n) is 2.20. The molecule has 0 aromatic carbocycles. The Morgan fingerprint density at radius 1 is 1.32 bits per heavy atom. The molecule has 0 saturated heterocycles. The first kappa shape index (κ1) is 14.6. The lowest BCUT2D eigenvalue weighted by Gasteiger charge is -2.13. The molecular weight excluding hydrogens is 302 g/mol. The van der Waals surface area contributed by atoms with Gasteiger partial charge < -0.3 is 14.6 Å². The zero-order chi connectivity index (χ0) is 15.7. The van der Waals surface area contributed by atoms with E-state index in [0.717, 1.165) is 17.5 Å². The number of aromatic amines is 1. The van der Waals surface area contributed by atoms with E-state index in [1.165, 1.54) is 0 Å². The minimum Gasteiger partial charge on any atom is -0.423 e. The molecule has 0 fully saturated rings. The highest BCUT2D eigenvalue weighted by atomic mass is 35.5. The summed E-state index contributed by atoms with van der Waals surface area (Å²) in [5.74, 6) is 1.30. The largest absolute Gasteiger partial charge is 0.423 e. The van der Waals surface area contributed by atoms with Gasteiger partial charge in [0.25, 0.3) is 0 Å². The number of ether oxygens (including phenoxy) is 1. The van der Waals surface area contributed by atoms with E-state index in [-0.39, 0.29) is 6.01 Å². The van der Waals surface area contributed by atoms with Crippen LogP contribution in [0.25, 0.3) is 11.0 Å². The maximum Gasteiger partial charge on any atom is 0.326 e. The third-order valence-electron chi connectivity index (χ3n) is 3.24. The summed E-state index contributed by atoms with van der Waals surface area (Å²) in [6.07, 6.45) is 4.09. The number of hydrogen-bond donors (Lipinski definition) is 1. The maximum atomic E-state index is 6.43. The van der Waals surface area contributed by atoms with Gasteiger partial charge in [0.15, 0.2) is 0 Å². The van der Waals surface area contributed by atoms with Crippen molar-refractivity contribution in [3.8, 4) is 11.8 Å². The Kier molecular flexibility index (Phi) is 3.85. The molecule has 7 heteroatoms. The summed E-state index contributed by atoms with van der Waals surface area (Å²) in [6, 6.07) is 3.85. The minimum absolute atomic E-state index is 0.254. The van der Waals surface area contributed by atoms with Crippen LogP contribution in [0.4, 0.5) is 5.82 Å². The van der Waals surface area contributed by atoms with Gasteiger partial charge in [-0.3, -0.25) is 4.98 Å². The van der Waals surface area contributed by atoms with Gasteiger partial charge in [-0.15, -0.1) is 0 Å². The van der Waals surface area contributed by atoms with Crippen molar-refractivity contribution in [2.75, 3.05) is 19.0 Å². The van der Waals surface area contributed by atoms with Crippen molar-refractivity contribution >= 4 is 28.5 Å². The molecule has 3 rings (SSSR count). The third kappa shape index (κ3) is 2.57. The lowest BCUT2D eigenvalue weighted by atomic mass is 10.3. The molecule has 114 valence electrons. The molecule has 0 amide bonds. The second kappa shape index (κ2) is 5.81. The van der Waals surface area contributed by atoms with E-state index in [2.05, 4.69) is 19.9 Å². The van der Waals surface area contributed by atoms with Crippen molar-refractivity contribution in [3.63, 3.8) is 0 Å². The van der Waals surface area contributed by atoms with Crippen molar-refractivity contribution in [1.29, 1.82) is 0 Å². The van der Waals surface area contributed by atoms with Gasteiger partial charge in [-0.05, 0) is 18.6 Å². The SMILES string of the molecule is CCc1[nH]c2nc(Oc3cccnc3)nc(N(C)C)c2c1Cl. The van der Waals surface area contributed by atoms with Gasteiger partial charge in [0.1, 0.15) is 17.2 Å². The van der Waals surface area contributed by atoms with Crippen molar-refractivity contribution in [1.82, 2.24) is 19.9 Å². The van der Waals surface area contributed by atoms with Crippen LogP contribution in [0.2, 0.25) is 5.02 Å². The minimum atomic E-state index is 0.254. The van der Waals surface area contributed by atoms with E-state index in [4.69, 9.17) is 16.3 Å². The number of aryl methyl sites for hydroxylation is 1. The monoisotopic (exact) mass is 317 g/mol. The Hall–Kier alpha value is -2.34. The van der Waals surface area contributed by atoms with Crippen molar-refractivity contribution in [3.05, 3.63) is 35.2 Å². The topological polar surface area (TPSA) is 66.9 Å². The normalized spacial score (nSPS) is 10.9. The molecule has 3 aromatic heterocycles. The number of rotatable bonds is 4. The summed E-state index contributed by atoms with van der Waals surface area (Å²) in [7, 11) is 3.81. The van der Waals surface area contributed by atoms with E-state index in [9.17, 15) is 0 Å². The van der Waals surface area contributed by atoms with Gasteiger partial charge >= 0.3 is 6.01 Å². The number of anilines is 1. The number of pyridine rings is 1. The second-order valence-corrected chi connectivity index (χ2v) is 5.39. The predicted octanol–water partition coefficient (Wildman–Crippen LogP) is 3.43. The molecular formula is C15H16ClN5O. The first-order chi connectivity index (χ1) is 10.6. The molecule has 0 saturated carbocycles. The number of H-pyrrole nitrogens is 1. The number of halogens is 1. The zero-order valence-corrected chi connectivity index (χ0v) is 13.3. The zero-order valence-electron chi connectivity index (χ0n) is 12.6. The predicted molar refractivity (Wildman–Crippen MR) is 86.9 cm³/mol. The molecule has 0 aliphatic carbocycles. The maximum absolute atomic E-state index is 6.43. The molecule has 3 aromatic rings. The molecule has 0 spiro atoms. The summed E-state index contributed by atoms with van der Waals surface area (Å²) in [5.41, 5.74) is 1.60. The van der Waals surface area contributed by atoms with E-state index < -0.39 is 0 Å². The van der Waals surface area contributed by atoms with Crippen molar-refractivity contribution in [2.45, 2.75) is 13.3 Å². The van der Waals surface area contributed by atoms with Crippen LogP contribution >= 0.6 is 11.6 Å². The molecule has 0 unspecified atom stereocenters. The Labute approximate surface area is 133 Å². The Morgan fingerprint density at radius 2 is 2.14 bits per heavy atom. The highest BCUT2D eigenvalue weighted by Gasteiger charge is 2.18. The van der Waals surface area contributed by atoms with Gasteiger partial charge in [-0.1, -0.05) is 18.5 Å². The highest BCUT2D eigenvalue weighted by molar-refractivity contribution is 6.37. The molecule has 1 N–H and O–H groups in total. The van der Waals surface area contributed by atoms with Gasteiger partial charge in [0.05, 0.1) is 16.6 Å². The average molecular weight is 318 g/mol. The quantitative estimate of drug-likeness (QED) is 0.798. The third-order valence-corrected chi connectivity index (χ3v) is 3.66. The van der Waals surface area contributed by atoms with E-state index in [0.29, 0.717) is 22.2 Å². The standard InChI is InChI=1S/C15H16ClN5O/c1-4-10-12(16)11-13(18-10)19-15(20-14(11)21(2)3)22-9-6-5-7-17-8-9/h5-8H,4H2,1-3H3,(H,18,19,20). The van der Waals surface area contributed by atoms with Crippen molar-refractivity contribution < 1.29 is 4.74 Å². The van der Waals surface area contributed by atoms with E-state index in [1.54, 1.807) is 24.5 Å². The second-order valence-electron chi connectivity index (χ2n) is 5.01. The van der Waals surface area contributed by atoms with Gasteiger partial charge in [-0.2, -0.15) is 9.97 Å². The van der Waals surface area contributed by atoms with Gasteiger partial charge in [0.2, 0.25) is 0 Å². The van der Waals surface area contributed by atoms with Crippen LogP contribution < -0.4 is 9.64 Å². The van der Waals surface area contributed by atoms with E-state index >= 15 is 0 Å². The summed E-state index contributed by atoms with van der Waals surface area (Å²) >= 11 is 6.43. The number of nitrogens with zero attached hydrogens (tertiary/aromatic N) is 4.